The summed E-state index contributed by atoms with van der Waals surface area (Å²) < 4.78 is 26.1. The van der Waals surface area contributed by atoms with Crippen LogP contribution in [0.25, 0.3) is 0 Å². The fourth-order valence-corrected chi connectivity index (χ4v) is 2.16. The van der Waals surface area contributed by atoms with Crippen LogP contribution < -0.4 is 14.2 Å². The van der Waals surface area contributed by atoms with E-state index in [0.717, 1.165) is 11.3 Å². The lowest BCUT2D eigenvalue weighted by Crippen LogP contribution is -2.12. The zero-order chi connectivity index (χ0) is 18.1. The summed E-state index contributed by atoms with van der Waals surface area (Å²) in [6.45, 7) is 0.291. The van der Waals surface area contributed by atoms with Gasteiger partial charge in [0.05, 0.1) is 19.8 Å². The molecule has 0 saturated heterocycles. The van der Waals surface area contributed by atoms with Crippen molar-refractivity contribution in [3.05, 3.63) is 53.6 Å². The van der Waals surface area contributed by atoms with Crippen molar-refractivity contribution in [2.75, 3.05) is 34.7 Å². The standard InChI is InChI=1S/C19H22O6/c1-21-13-24-12-18(20)17-9-8-16(23-3)10-19(17)25-11-14-4-6-15(22-2)7-5-14/h4-10H,11-13H2,1-3H3. The molecule has 0 spiro atoms. The molecule has 0 aromatic heterocycles. The minimum absolute atomic E-state index is 0.0595. The number of Topliss-reactive ketones (excluding diaryl/α,β-unsaturated/α-hetero) is 1. The number of hydrogen-bond donors (Lipinski definition) is 0. The lowest BCUT2D eigenvalue weighted by Gasteiger charge is -2.13. The second kappa shape index (κ2) is 9.66. The Bertz CT molecular complexity index is 681. The molecule has 2 aromatic rings. The summed E-state index contributed by atoms with van der Waals surface area (Å²) in [5.74, 6) is 1.64. The molecule has 134 valence electrons. The Labute approximate surface area is 147 Å². The van der Waals surface area contributed by atoms with Crippen LogP contribution >= 0.6 is 0 Å². The number of benzene rings is 2. The molecule has 0 aliphatic heterocycles. The molecule has 25 heavy (non-hydrogen) atoms. The molecule has 2 rings (SSSR count). The molecule has 0 heterocycles. The predicted octanol–water partition coefficient (Wildman–Crippen LogP) is 3.09. The Morgan fingerprint density at radius 3 is 2.24 bits per heavy atom. The van der Waals surface area contributed by atoms with Crippen LogP contribution in [0.4, 0.5) is 0 Å². The van der Waals surface area contributed by atoms with Crippen LogP contribution in [0.1, 0.15) is 15.9 Å². The average Bonchev–Trinajstić information content (AvgIpc) is 2.66. The van der Waals surface area contributed by atoms with E-state index in [-0.39, 0.29) is 19.2 Å². The van der Waals surface area contributed by atoms with Gasteiger partial charge in [-0.1, -0.05) is 12.1 Å². The van der Waals surface area contributed by atoms with Crippen molar-refractivity contribution in [3.8, 4) is 17.2 Å². The maximum Gasteiger partial charge on any atom is 0.192 e. The van der Waals surface area contributed by atoms with Gasteiger partial charge in [-0.25, -0.2) is 0 Å². The summed E-state index contributed by atoms with van der Waals surface area (Å²) in [5, 5.41) is 0. The highest BCUT2D eigenvalue weighted by Crippen LogP contribution is 2.26. The van der Waals surface area contributed by atoms with Crippen molar-refractivity contribution in [3.63, 3.8) is 0 Å². The number of methoxy groups -OCH3 is 3. The van der Waals surface area contributed by atoms with E-state index in [0.29, 0.717) is 23.7 Å². The Kier molecular flexibility index (Phi) is 7.25. The fraction of sp³-hybridized carbons (Fsp3) is 0.316. The Balaban J connectivity index is 2.11. The third-order valence-corrected chi connectivity index (χ3v) is 3.48. The topological polar surface area (TPSA) is 63.2 Å². The van der Waals surface area contributed by atoms with Gasteiger partial charge in [0.1, 0.15) is 37.3 Å². The average molecular weight is 346 g/mol. The molecule has 0 unspecified atom stereocenters. The van der Waals surface area contributed by atoms with E-state index in [1.165, 1.54) is 7.11 Å². The molecule has 6 nitrogen and oxygen atoms in total. The summed E-state index contributed by atoms with van der Waals surface area (Å²) in [6, 6.07) is 12.6. The van der Waals surface area contributed by atoms with Gasteiger partial charge in [-0.3, -0.25) is 4.79 Å². The molecule has 0 atom stereocenters. The van der Waals surface area contributed by atoms with Crippen molar-refractivity contribution in [2.24, 2.45) is 0 Å². The van der Waals surface area contributed by atoms with Gasteiger partial charge in [-0.15, -0.1) is 0 Å². The minimum Gasteiger partial charge on any atom is -0.497 e. The van der Waals surface area contributed by atoms with Crippen LogP contribution in [0.3, 0.4) is 0 Å². The molecule has 0 aliphatic rings. The van der Waals surface area contributed by atoms with Crippen LogP contribution in [0.5, 0.6) is 17.2 Å². The van der Waals surface area contributed by atoms with E-state index >= 15 is 0 Å². The normalized spacial score (nSPS) is 10.4. The molecule has 0 saturated carbocycles. The third-order valence-electron chi connectivity index (χ3n) is 3.48. The van der Waals surface area contributed by atoms with Crippen LogP contribution in [0.2, 0.25) is 0 Å². The zero-order valence-corrected chi connectivity index (χ0v) is 14.6. The second-order valence-electron chi connectivity index (χ2n) is 5.18. The number of carbonyl (C=O) groups is 1. The summed E-state index contributed by atoms with van der Waals surface area (Å²) in [6.07, 6.45) is 0. The highest BCUT2D eigenvalue weighted by molar-refractivity contribution is 5.99. The Morgan fingerprint density at radius 1 is 0.920 bits per heavy atom. The monoisotopic (exact) mass is 346 g/mol. The SMILES string of the molecule is COCOCC(=O)c1ccc(OC)cc1OCc1ccc(OC)cc1. The van der Waals surface area contributed by atoms with Crippen LogP contribution in [-0.2, 0) is 16.1 Å². The van der Waals surface area contributed by atoms with Gasteiger partial charge >= 0.3 is 0 Å². The van der Waals surface area contributed by atoms with Crippen molar-refractivity contribution in [2.45, 2.75) is 6.61 Å². The second-order valence-corrected chi connectivity index (χ2v) is 5.18. The van der Waals surface area contributed by atoms with Gasteiger partial charge in [-0.2, -0.15) is 0 Å². The van der Waals surface area contributed by atoms with E-state index in [9.17, 15) is 4.79 Å². The summed E-state index contributed by atoms with van der Waals surface area (Å²) >= 11 is 0. The first-order valence-electron chi connectivity index (χ1n) is 7.71. The third kappa shape index (κ3) is 5.48. The van der Waals surface area contributed by atoms with Crippen LogP contribution in [0, 0.1) is 0 Å². The zero-order valence-electron chi connectivity index (χ0n) is 14.6. The van der Waals surface area contributed by atoms with E-state index in [4.69, 9.17) is 23.7 Å². The molecule has 0 fully saturated rings. The molecular weight excluding hydrogens is 324 g/mol. The van der Waals surface area contributed by atoms with Gasteiger partial charge in [0.25, 0.3) is 0 Å². The maximum absolute atomic E-state index is 12.3. The number of ketones is 1. The molecule has 2 aromatic carbocycles. The fourth-order valence-electron chi connectivity index (χ4n) is 2.16. The predicted molar refractivity (Wildman–Crippen MR) is 92.5 cm³/mol. The maximum atomic E-state index is 12.3. The van der Waals surface area contributed by atoms with Gasteiger partial charge in [0.15, 0.2) is 5.78 Å². The molecule has 6 heteroatoms. The van der Waals surface area contributed by atoms with Gasteiger partial charge in [0.2, 0.25) is 0 Å². The lowest BCUT2D eigenvalue weighted by atomic mass is 10.1. The molecule has 0 bridgehead atoms. The Hall–Kier alpha value is -2.57. The van der Waals surface area contributed by atoms with Crippen molar-refractivity contribution >= 4 is 5.78 Å². The highest BCUT2D eigenvalue weighted by Gasteiger charge is 2.14. The first-order chi connectivity index (χ1) is 12.2. The summed E-state index contributed by atoms with van der Waals surface area (Å²) in [4.78, 5) is 12.3. The minimum atomic E-state index is -0.190. The van der Waals surface area contributed by atoms with Crippen molar-refractivity contribution in [1.82, 2.24) is 0 Å². The lowest BCUT2D eigenvalue weighted by molar-refractivity contribution is -0.0238. The highest BCUT2D eigenvalue weighted by atomic mass is 16.7. The first-order valence-corrected chi connectivity index (χ1v) is 7.71. The largest absolute Gasteiger partial charge is 0.497 e. The van der Waals surface area contributed by atoms with Crippen molar-refractivity contribution < 1.29 is 28.5 Å². The molecule has 0 aliphatic carbocycles. The number of hydrogen-bond acceptors (Lipinski definition) is 6. The van der Waals surface area contributed by atoms with E-state index < -0.39 is 0 Å². The summed E-state index contributed by atoms with van der Waals surface area (Å²) in [7, 11) is 4.68. The van der Waals surface area contributed by atoms with E-state index in [2.05, 4.69) is 0 Å². The molecule has 0 radical (unpaired) electrons. The molecule has 0 N–H and O–H groups in total. The smallest absolute Gasteiger partial charge is 0.192 e. The molecule has 0 amide bonds. The quantitative estimate of drug-likeness (QED) is 0.374. The Morgan fingerprint density at radius 2 is 1.60 bits per heavy atom. The van der Waals surface area contributed by atoms with Gasteiger partial charge in [0, 0.05) is 13.2 Å². The number of carbonyl (C=O) groups excluding carboxylic acids is 1. The number of ether oxygens (including phenoxy) is 5. The van der Waals surface area contributed by atoms with E-state index in [1.54, 1.807) is 32.4 Å². The summed E-state index contributed by atoms with van der Waals surface area (Å²) in [5.41, 5.74) is 1.39. The van der Waals surface area contributed by atoms with Crippen LogP contribution in [0.15, 0.2) is 42.5 Å². The van der Waals surface area contributed by atoms with Crippen LogP contribution in [-0.4, -0.2) is 40.5 Å². The number of rotatable bonds is 10. The first kappa shape index (κ1) is 18.8. The van der Waals surface area contributed by atoms with E-state index in [1.807, 2.05) is 24.3 Å². The van der Waals surface area contributed by atoms with Gasteiger partial charge < -0.3 is 23.7 Å². The van der Waals surface area contributed by atoms with Gasteiger partial charge in [-0.05, 0) is 29.8 Å². The van der Waals surface area contributed by atoms with Crippen molar-refractivity contribution in [1.29, 1.82) is 0 Å². The molecular formula is C19H22O6.